The zero-order valence-corrected chi connectivity index (χ0v) is 19.9. The van der Waals surface area contributed by atoms with E-state index in [2.05, 4.69) is 15.0 Å². The monoisotopic (exact) mass is 515 g/mol. The van der Waals surface area contributed by atoms with Gasteiger partial charge in [0.25, 0.3) is 5.91 Å². The molecule has 1 atom stereocenters. The molecule has 0 saturated heterocycles. The standard InChI is InChI=1S/C25H24F3N5O4/c1-36-24-31-12-16(13-32-24)18-4-2-5-21-19(18)10-17(14-37-21)33(9-3-8-25(26,27)28)23(35)20-7-6-15(11-30-20)22(29)34/h2,4-7,11-13,17H,3,8-10,14H2,1H3,(H2,29,34)/t17-/m0/s1. The predicted octanol–water partition coefficient (Wildman–Crippen LogP) is 3.43. The van der Waals surface area contributed by atoms with E-state index in [1.807, 2.05) is 12.1 Å². The van der Waals surface area contributed by atoms with Crippen LogP contribution in [0.2, 0.25) is 0 Å². The Morgan fingerprint density at radius 1 is 1.14 bits per heavy atom. The lowest BCUT2D eigenvalue weighted by molar-refractivity contribution is -0.136. The van der Waals surface area contributed by atoms with Crippen LogP contribution in [-0.4, -0.2) is 64.1 Å². The van der Waals surface area contributed by atoms with Gasteiger partial charge in [-0.15, -0.1) is 0 Å². The number of methoxy groups -OCH3 is 1. The fourth-order valence-electron chi connectivity index (χ4n) is 4.14. The van der Waals surface area contributed by atoms with E-state index < -0.39 is 30.5 Å². The Morgan fingerprint density at radius 3 is 2.51 bits per heavy atom. The highest BCUT2D eigenvalue weighted by molar-refractivity contribution is 5.95. The Bertz CT molecular complexity index is 1270. The summed E-state index contributed by atoms with van der Waals surface area (Å²) in [7, 11) is 1.46. The average molecular weight is 515 g/mol. The van der Waals surface area contributed by atoms with Gasteiger partial charge in [0.1, 0.15) is 18.1 Å². The molecule has 2 amide bonds. The molecule has 194 valence electrons. The van der Waals surface area contributed by atoms with Gasteiger partial charge < -0.3 is 20.1 Å². The Labute approximate surface area is 210 Å². The summed E-state index contributed by atoms with van der Waals surface area (Å²) in [5, 5.41) is 0. The molecule has 1 aliphatic heterocycles. The minimum absolute atomic E-state index is 0.0142. The van der Waals surface area contributed by atoms with Crippen molar-refractivity contribution in [2.24, 2.45) is 5.73 Å². The van der Waals surface area contributed by atoms with Crippen LogP contribution >= 0.6 is 0 Å². The number of hydrogen-bond donors (Lipinski definition) is 1. The molecule has 12 heteroatoms. The molecule has 1 aromatic carbocycles. The number of nitrogens with zero attached hydrogens (tertiary/aromatic N) is 4. The third-order valence-corrected chi connectivity index (χ3v) is 5.95. The average Bonchev–Trinajstić information content (AvgIpc) is 2.89. The first kappa shape index (κ1) is 25.9. The van der Waals surface area contributed by atoms with E-state index in [4.69, 9.17) is 15.2 Å². The molecule has 4 rings (SSSR count). The summed E-state index contributed by atoms with van der Waals surface area (Å²) in [6, 6.07) is 7.79. The first-order valence-electron chi connectivity index (χ1n) is 11.4. The van der Waals surface area contributed by atoms with Crippen molar-refractivity contribution in [3.63, 3.8) is 0 Å². The van der Waals surface area contributed by atoms with Crippen molar-refractivity contribution in [1.29, 1.82) is 0 Å². The van der Waals surface area contributed by atoms with Crippen LogP contribution in [-0.2, 0) is 6.42 Å². The molecule has 0 aliphatic carbocycles. The molecule has 9 nitrogen and oxygen atoms in total. The number of fused-ring (bicyclic) bond motifs is 1. The molecule has 0 saturated carbocycles. The van der Waals surface area contributed by atoms with Crippen LogP contribution in [0.4, 0.5) is 13.2 Å². The summed E-state index contributed by atoms with van der Waals surface area (Å²) in [6.45, 7) is -0.0680. The van der Waals surface area contributed by atoms with Gasteiger partial charge in [0, 0.05) is 49.1 Å². The van der Waals surface area contributed by atoms with E-state index in [0.717, 1.165) is 17.3 Å². The highest BCUT2D eigenvalue weighted by atomic mass is 19.4. The minimum atomic E-state index is -4.35. The number of aromatic nitrogens is 3. The van der Waals surface area contributed by atoms with Crippen molar-refractivity contribution < 1.29 is 32.2 Å². The maximum Gasteiger partial charge on any atom is 0.389 e. The number of alkyl halides is 3. The fourth-order valence-corrected chi connectivity index (χ4v) is 4.14. The van der Waals surface area contributed by atoms with Crippen LogP contribution in [0.1, 0.15) is 39.3 Å². The number of ether oxygens (including phenoxy) is 2. The van der Waals surface area contributed by atoms with Gasteiger partial charge in [-0.25, -0.2) is 9.97 Å². The number of hydrogen-bond acceptors (Lipinski definition) is 7. The summed E-state index contributed by atoms with van der Waals surface area (Å²) < 4.78 is 49.6. The lowest BCUT2D eigenvalue weighted by Crippen LogP contribution is -2.47. The molecule has 0 fully saturated rings. The fraction of sp³-hybridized carbons (Fsp3) is 0.320. The van der Waals surface area contributed by atoms with Crippen molar-refractivity contribution in [3.05, 3.63) is 65.7 Å². The maximum absolute atomic E-state index is 13.4. The normalized spacial score (nSPS) is 14.9. The zero-order valence-electron chi connectivity index (χ0n) is 19.9. The second kappa shape index (κ2) is 10.8. The molecule has 2 N–H and O–H groups in total. The molecular weight excluding hydrogens is 491 g/mol. The van der Waals surface area contributed by atoms with Crippen LogP contribution in [0.5, 0.6) is 11.8 Å². The highest BCUT2D eigenvalue weighted by Crippen LogP contribution is 2.35. The summed E-state index contributed by atoms with van der Waals surface area (Å²) in [6.07, 6.45) is -0.988. The van der Waals surface area contributed by atoms with Gasteiger partial charge in [-0.1, -0.05) is 12.1 Å². The van der Waals surface area contributed by atoms with Crippen LogP contribution in [0.15, 0.2) is 48.9 Å². The van der Waals surface area contributed by atoms with Crippen molar-refractivity contribution in [1.82, 2.24) is 19.9 Å². The molecule has 3 heterocycles. The van der Waals surface area contributed by atoms with Gasteiger partial charge in [0.15, 0.2) is 0 Å². The quantitative estimate of drug-likeness (QED) is 0.488. The van der Waals surface area contributed by atoms with E-state index in [-0.39, 0.29) is 36.8 Å². The van der Waals surface area contributed by atoms with Crippen molar-refractivity contribution in [2.45, 2.75) is 31.5 Å². The highest BCUT2D eigenvalue weighted by Gasteiger charge is 2.33. The lowest BCUT2D eigenvalue weighted by Gasteiger charge is -2.36. The SMILES string of the molecule is COc1ncc(-c2cccc3c2C[C@H](N(CCCC(F)(F)F)C(=O)c2ccc(C(N)=O)cn2)CO3)cn1. The Kier molecular flexibility index (Phi) is 7.55. The van der Waals surface area contributed by atoms with Crippen LogP contribution in [0, 0.1) is 0 Å². The lowest BCUT2D eigenvalue weighted by atomic mass is 9.93. The first-order valence-corrected chi connectivity index (χ1v) is 11.4. The Balaban J connectivity index is 1.63. The number of carbonyl (C=O) groups is 2. The molecule has 0 radical (unpaired) electrons. The number of carbonyl (C=O) groups excluding carboxylic acids is 2. The largest absolute Gasteiger partial charge is 0.491 e. The van der Waals surface area contributed by atoms with E-state index in [9.17, 15) is 22.8 Å². The van der Waals surface area contributed by atoms with E-state index >= 15 is 0 Å². The number of benzene rings is 1. The van der Waals surface area contributed by atoms with Gasteiger partial charge in [-0.3, -0.25) is 14.6 Å². The van der Waals surface area contributed by atoms with Crippen molar-refractivity contribution in [2.75, 3.05) is 20.3 Å². The number of amides is 2. The molecule has 2 aromatic heterocycles. The second-order valence-corrected chi connectivity index (χ2v) is 8.42. The molecule has 37 heavy (non-hydrogen) atoms. The summed E-state index contributed by atoms with van der Waals surface area (Å²) >= 11 is 0. The van der Waals surface area contributed by atoms with Gasteiger partial charge >= 0.3 is 12.2 Å². The van der Waals surface area contributed by atoms with Crippen molar-refractivity contribution >= 4 is 11.8 Å². The second-order valence-electron chi connectivity index (χ2n) is 8.42. The van der Waals surface area contributed by atoms with Gasteiger partial charge in [-0.05, 0) is 30.2 Å². The number of primary amides is 1. The summed E-state index contributed by atoms with van der Waals surface area (Å²) in [5.41, 5.74) is 7.58. The molecule has 3 aromatic rings. The smallest absolute Gasteiger partial charge is 0.389 e. The maximum atomic E-state index is 13.4. The van der Waals surface area contributed by atoms with Gasteiger partial charge in [-0.2, -0.15) is 13.2 Å². The third-order valence-electron chi connectivity index (χ3n) is 5.95. The Morgan fingerprint density at radius 2 is 1.89 bits per heavy atom. The first-order chi connectivity index (χ1) is 17.7. The van der Waals surface area contributed by atoms with Crippen molar-refractivity contribution in [3.8, 4) is 22.9 Å². The minimum Gasteiger partial charge on any atom is -0.491 e. The number of halogens is 3. The predicted molar refractivity (Wildman–Crippen MR) is 126 cm³/mol. The van der Waals surface area contributed by atoms with Crippen LogP contribution < -0.4 is 15.2 Å². The number of nitrogens with two attached hydrogens (primary N) is 1. The number of rotatable bonds is 8. The summed E-state index contributed by atoms with van der Waals surface area (Å²) in [5.74, 6) is -0.669. The van der Waals surface area contributed by atoms with Crippen LogP contribution in [0.25, 0.3) is 11.1 Å². The third kappa shape index (κ3) is 6.13. The molecule has 0 bridgehead atoms. The van der Waals surface area contributed by atoms with E-state index in [1.54, 1.807) is 18.5 Å². The molecule has 0 unspecified atom stereocenters. The van der Waals surface area contributed by atoms with Crippen LogP contribution in [0.3, 0.4) is 0 Å². The number of pyridine rings is 1. The topological polar surface area (TPSA) is 121 Å². The van der Waals surface area contributed by atoms with Gasteiger partial charge in [0.2, 0.25) is 5.91 Å². The molecule has 0 spiro atoms. The zero-order chi connectivity index (χ0) is 26.6. The van der Waals surface area contributed by atoms with E-state index in [1.165, 1.54) is 24.1 Å². The summed E-state index contributed by atoms with van der Waals surface area (Å²) in [4.78, 5) is 38.4. The Hall–Kier alpha value is -4.22. The molecule has 1 aliphatic rings. The van der Waals surface area contributed by atoms with E-state index in [0.29, 0.717) is 17.7 Å². The molecular formula is C25H24F3N5O4. The van der Waals surface area contributed by atoms with Gasteiger partial charge in [0.05, 0.1) is 18.7 Å².